The van der Waals surface area contributed by atoms with Crippen LogP contribution >= 0.6 is 0 Å². The molecule has 11 heteroatoms. The maximum atomic E-state index is 12.0. The number of rotatable bonds is 12. The molecule has 0 unspecified atom stereocenters. The minimum absolute atomic E-state index is 0.0217. The van der Waals surface area contributed by atoms with Crippen LogP contribution in [0.15, 0.2) is 24.3 Å². The van der Waals surface area contributed by atoms with Crippen LogP contribution in [0.3, 0.4) is 0 Å². The fourth-order valence-electron chi connectivity index (χ4n) is 4.58. The quantitative estimate of drug-likeness (QED) is 0.239. The van der Waals surface area contributed by atoms with Crippen LogP contribution < -0.4 is 4.74 Å². The van der Waals surface area contributed by atoms with Gasteiger partial charge in [-0.3, -0.25) is 9.59 Å². The van der Waals surface area contributed by atoms with Crippen LogP contribution in [-0.2, 0) is 49.4 Å². The number of esters is 2. The van der Waals surface area contributed by atoms with E-state index in [1.807, 2.05) is 72.7 Å². The van der Waals surface area contributed by atoms with Crippen LogP contribution in [0.1, 0.15) is 87.6 Å². The van der Waals surface area contributed by atoms with E-state index in [-0.39, 0.29) is 56.2 Å². The van der Waals surface area contributed by atoms with E-state index in [2.05, 4.69) is 0 Å². The average molecular weight is 641 g/mol. The highest BCUT2D eigenvalue weighted by Gasteiger charge is 2.43. The first-order chi connectivity index (χ1) is 20.8. The summed E-state index contributed by atoms with van der Waals surface area (Å²) in [5, 5.41) is 8.98. The second-order valence-corrected chi connectivity index (χ2v) is 14.3. The summed E-state index contributed by atoms with van der Waals surface area (Å²) in [6.07, 6.45) is 0.106. The van der Waals surface area contributed by atoms with Gasteiger partial charge >= 0.3 is 11.9 Å². The molecule has 11 nitrogen and oxygen atoms in total. The van der Waals surface area contributed by atoms with Gasteiger partial charge in [0.25, 0.3) is 0 Å². The second-order valence-electron chi connectivity index (χ2n) is 14.3. The van der Waals surface area contributed by atoms with Crippen molar-refractivity contribution in [1.29, 1.82) is 0 Å². The minimum Gasteiger partial charge on any atom is -0.497 e. The normalized spacial score (nSPS) is 24.0. The first-order valence-corrected chi connectivity index (χ1v) is 15.6. The molecule has 258 valence electrons. The van der Waals surface area contributed by atoms with Crippen LogP contribution in [0.25, 0.3) is 0 Å². The molecule has 0 spiro atoms. The van der Waals surface area contributed by atoms with Crippen molar-refractivity contribution in [3.05, 3.63) is 29.8 Å². The molecule has 2 saturated heterocycles. The lowest BCUT2D eigenvalue weighted by molar-refractivity contribution is -0.165. The lowest BCUT2D eigenvalue weighted by Crippen LogP contribution is -2.33. The lowest BCUT2D eigenvalue weighted by Gasteiger charge is -2.21. The molecule has 1 aromatic carbocycles. The number of methoxy groups -OCH3 is 1. The van der Waals surface area contributed by atoms with Crippen molar-refractivity contribution < 1.29 is 52.6 Å². The van der Waals surface area contributed by atoms with E-state index >= 15 is 0 Å². The van der Waals surface area contributed by atoms with Crippen molar-refractivity contribution in [2.75, 3.05) is 33.5 Å². The Morgan fingerprint density at radius 3 is 1.56 bits per heavy atom. The zero-order valence-corrected chi connectivity index (χ0v) is 29.1. The summed E-state index contributed by atoms with van der Waals surface area (Å²) in [6, 6.07) is 7.78. The molecule has 45 heavy (non-hydrogen) atoms. The van der Waals surface area contributed by atoms with Gasteiger partial charge in [-0.15, -0.1) is 0 Å². The van der Waals surface area contributed by atoms with Crippen LogP contribution in [0, 0.1) is 10.8 Å². The van der Waals surface area contributed by atoms with E-state index in [1.54, 1.807) is 27.9 Å². The molecule has 0 aliphatic carbocycles. The summed E-state index contributed by atoms with van der Waals surface area (Å²) in [4.78, 5) is 23.7. The van der Waals surface area contributed by atoms with Gasteiger partial charge in [0.05, 0.1) is 36.8 Å². The van der Waals surface area contributed by atoms with Gasteiger partial charge in [-0.25, -0.2) is 0 Å². The van der Waals surface area contributed by atoms with Gasteiger partial charge in [0, 0.05) is 13.2 Å². The summed E-state index contributed by atoms with van der Waals surface area (Å²) in [6.45, 7) is 19.6. The van der Waals surface area contributed by atoms with Crippen molar-refractivity contribution in [1.82, 2.24) is 0 Å². The zero-order chi connectivity index (χ0) is 34.1. The third-order valence-electron chi connectivity index (χ3n) is 6.94. The van der Waals surface area contributed by atoms with Crippen LogP contribution in [0.2, 0.25) is 0 Å². The number of carbonyl (C=O) groups is 2. The van der Waals surface area contributed by atoms with Gasteiger partial charge in [-0.2, -0.15) is 0 Å². The van der Waals surface area contributed by atoms with Crippen LogP contribution in [0.5, 0.6) is 5.75 Å². The smallest absolute Gasteiger partial charge is 0.311 e. The molecule has 2 aliphatic heterocycles. The van der Waals surface area contributed by atoms with E-state index in [9.17, 15) is 9.59 Å². The molecule has 0 amide bonds. The highest BCUT2D eigenvalue weighted by molar-refractivity contribution is 5.75. The Balaban J connectivity index is 0.000000341. The molecule has 0 aromatic heterocycles. The number of carbonyl (C=O) groups excluding carboxylic acids is 2. The Bertz CT molecular complexity index is 1050. The number of hydrogen-bond donors (Lipinski definition) is 1. The number of aliphatic hydroxyl groups excluding tert-OH is 1. The minimum atomic E-state index is -0.696. The first kappa shape index (κ1) is 38.9. The molecule has 3 rings (SSSR count). The van der Waals surface area contributed by atoms with Crippen molar-refractivity contribution in [3.63, 3.8) is 0 Å². The standard InChI is InChI=1S/C21H32O6.C13H24O5/c1-20(2,3)19(22)25-14-18-17(26-21(4,5)27-18)11-12-24-13-15-7-9-16(23-6)10-8-15;1-12(2,3)11(15)16-8-10-9(6-7-14)17-13(4,5)18-10/h7-10,17-18H,11-14H2,1-6H3;9-10,14H,6-8H2,1-5H3/t17-,18+;9-,10+/m00/s1. The van der Waals surface area contributed by atoms with Gasteiger partial charge < -0.3 is 43.0 Å². The Labute approximate surface area is 269 Å². The topological polar surface area (TPSA) is 128 Å². The molecule has 2 aliphatic rings. The monoisotopic (exact) mass is 640 g/mol. The molecular formula is C34H56O11. The highest BCUT2D eigenvalue weighted by atomic mass is 16.8. The van der Waals surface area contributed by atoms with E-state index in [4.69, 9.17) is 43.0 Å². The lowest BCUT2D eigenvalue weighted by atomic mass is 9.97. The molecule has 4 atom stereocenters. The van der Waals surface area contributed by atoms with Crippen molar-refractivity contribution in [2.45, 2.75) is 125 Å². The van der Waals surface area contributed by atoms with E-state index in [1.165, 1.54) is 0 Å². The van der Waals surface area contributed by atoms with Gasteiger partial charge in [0.15, 0.2) is 11.6 Å². The van der Waals surface area contributed by atoms with Crippen LogP contribution in [0.4, 0.5) is 0 Å². The van der Waals surface area contributed by atoms with Crippen molar-refractivity contribution >= 4 is 11.9 Å². The summed E-state index contributed by atoms with van der Waals surface area (Å²) < 4.78 is 44.7. The second kappa shape index (κ2) is 16.5. The number of benzene rings is 1. The fourth-order valence-corrected chi connectivity index (χ4v) is 4.58. The van der Waals surface area contributed by atoms with E-state index < -0.39 is 22.4 Å². The van der Waals surface area contributed by atoms with E-state index in [0.29, 0.717) is 26.1 Å². The fraction of sp³-hybridized carbons (Fsp3) is 0.765. The van der Waals surface area contributed by atoms with Gasteiger partial charge in [0.2, 0.25) is 0 Å². The molecule has 0 bridgehead atoms. The Morgan fingerprint density at radius 2 is 1.16 bits per heavy atom. The van der Waals surface area contributed by atoms with Crippen molar-refractivity contribution in [2.24, 2.45) is 10.8 Å². The van der Waals surface area contributed by atoms with Crippen LogP contribution in [-0.4, -0.2) is 86.6 Å². The van der Waals surface area contributed by atoms with Gasteiger partial charge in [-0.05, 0) is 99.8 Å². The number of ether oxygens (including phenoxy) is 8. The zero-order valence-electron chi connectivity index (χ0n) is 29.1. The molecule has 0 radical (unpaired) electrons. The Hall–Kier alpha value is -2.28. The van der Waals surface area contributed by atoms with Gasteiger partial charge in [0.1, 0.15) is 31.2 Å². The summed E-state index contributed by atoms with van der Waals surface area (Å²) in [5.41, 5.74) is 0.0170. The molecule has 2 fully saturated rings. The average Bonchev–Trinajstić information content (AvgIpc) is 3.40. The predicted octanol–water partition coefficient (Wildman–Crippen LogP) is 5.19. The predicted molar refractivity (Wildman–Crippen MR) is 167 cm³/mol. The SMILES string of the molecule is CC1(C)O[C@@H](CCO)[C@@H](COC(=O)C(C)(C)C)O1.COc1ccc(COCC[C@@H]2OC(C)(C)O[C@@H]2COC(=O)C(C)(C)C)cc1. The number of hydrogen-bond acceptors (Lipinski definition) is 11. The summed E-state index contributed by atoms with van der Waals surface area (Å²) in [5.74, 6) is -1.08. The highest BCUT2D eigenvalue weighted by Crippen LogP contribution is 2.32. The maximum Gasteiger partial charge on any atom is 0.311 e. The van der Waals surface area contributed by atoms with Crippen molar-refractivity contribution in [3.8, 4) is 5.75 Å². The largest absolute Gasteiger partial charge is 0.497 e. The molecule has 2 heterocycles. The molecule has 1 aromatic rings. The van der Waals surface area contributed by atoms with E-state index in [0.717, 1.165) is 11.3 Å². The molecule has 1 N–H and O–H groups in total. The molecular weight excluding hydrogens is 584 g/mol. The summed E-state index contributed by atoms with van der Waals surface area (Å²) in [7, 11) is 1.64. The Morgan fingerprint density at radius 1 is 0.733 bits per heavy atom. The third kappa shape index (κ3) is 13.5. The maximum absolute atomic E-state index is 12.0. The number of aliphatic hydroxyl groups is 1. The third-order valence-corrected chi connectivity index (χ3v) is 6.94. The first-order valence-electron chi connectivity index (χ1n) is 15.6. The summed E-state index contributed by atoms with van der Waals surface area (Å²) >= 11 is 0. The Kier molecular flexibility index (Phi) is 14.3. The van der Waals surface area contributed by atoms with Gasteiger partial charge in [-0.1, -0.05) is 12.1 Å². The molecule has 0 saturated carbocycles.